The van der Waals surface area contributed by atoms with Crippen molar-refractivity contribution in [2.45, 2.75) is 59.0 Å². The Balaban J connectivity index is 2.19. The highest BCUT2D eigenvalue weighted by Gasteiger charge is 2.37. The molecule has 0 radical (unpaired) electrons. The summed E-state index contributed by atoms with van der Waals surface area (Å²) in [7, 11) is 0. The molecule has 18 heavy (non-hydrogen) atoms. The summed E-state index contributed by atoms with van der Waals surface area (Å²) in [5.41, 5.74) is 0.645. The van der Waals surface area contributed by atoms with Crippen LogP contribution in [0.4, 0.5) is 0 Å². The predicted octanol–water partition coefficient (Wildman–Crippen LogP) is 3.03. The van der Waals surface area contributed by atoms with Crippen LogP contribution in [0.5, 0.6) is 0 Å². The molecular formula is C15H22O3. The van der Waals surface area contributed by atoms with Crippen LogP contribution in [-0.2, 0) is 14.3 Å². The Kier molecular flexibility index (Phi) is 3.60. The fourth-order valence-electron chi connectivity index (χ4n) is 2.64. The van der Waals surface area contributed by atoms with Crippen molar-refractivity contribution in [3.05, 3.63) is 11.6 Å². The first-order valence-electron chi connectivity index (χ1n) is 6.84. The molecule has 2 bridgehead atoms. The molecule has 1 aliphatic heterocycles. The molecule has 0 aromatic heterocycles. The van der Waals surface area contributed by atoms with Crippen molar-refractivity contribution in [2.24, 2.45) is 11.3 Å². The molecular weight excluding hydrogens is 228 g/mol. The SMILES string of the molecule is C[C@@H]1CCCC2=C[C@H](OC2=O)C(C)(C)CCC1=O. The van der Waals surface area contributed by atoms with Crippen molar-refractivity contribution in [3.63, 3.8) is 0 Å². The molecule has 3 heteroatoms. The summed E-state index contributed by atoms with van der Waals surface area (Å²) in [5.74, 6) is 0.304. The van der Waals surface area contributed by atoms with Gasteiger partial charge in [-0.3, -0.25) is 4.79 Å². The van der Waals surface area contributed by atoms with Crippen LogP contribution >= 0.6 is 0 Å². The Hall–Kier alpha value is -1.12. The van der Waals surface area contributed by atoms with E-state index in [2.05, 4.69) is 13.8 Å². The molecule has 0 spiro atoms. The summed E-state index contributed by atoms with van der Waals surface area (Å²) in [6.07, 6.45) is 5.67. The van der Waals surface area contributed by atoms with Gasteiger partial charge in [-0.2, -0.15) is 0 Å². The molecule has 1 heterocycles. The Morgan fingerprint density at radius 1 is 1.28 bits per heavy atom. The van der Waals surface area contributed by atoms with Gasteiger partial charge < -0.3 is 4.74 Å². The van der Waals surface area contributed by atoms with Crippen LogP contribution in [0.15, 0.2) is 11.6 Å². The van der Waals surface area contributed by atoms with Gasteiger partial charge in [0, 0.05) is 23.3 Å². The number of fused-ring (bicyclic) bond motifs is 1. The maximum Gasteiger partial charge on any atom is 0.334 e. The van der Waals surface area contributed by atoms with Crippen molar-refractivity contribution >= 4 is 11.8 Å². The monoisotopic (exact) mass is 250 g/mol. The maximum atomic E-state index is 12.0. The molecule has 2 rings (SSSR count). The molecule has 100 valence electrons. The molecule has 0 aromatic carbocycles. The summed E-state index contributed by atoms with van der Waals surface area (Å²) in [6, 6.07) is 0. The van der Waals surface area contributed by atoms with Crippen molar-refractivity contribution in [1.82, 2.24) is 0 Å². The average Bonchev–Trinajstić information content (AvgIpc) is 2.67. The zero-order valence-corrected chi connectivity index (χ0v) is 11.5. The fourth-order valence-corrected chi connectivity index (χ4v) is 2.64. The summed E-state index contributed by atoms with van der Waals surface area (Å²) in [4.78, 5) is 23.7. The highest BCUT2D eigenvalue weighted by molar-refractivity contribution is 5.91. The number of carbonyl (C=O) groups is 2. The zero-order chi connectivity index (χ0) is 13.3. The number of ether oxygens (including phenoxy) is 1. The van der Waals surface area contributed by atoms with Gasteiger partial charge in [0.25, 0.3) is 0 Å². The summed E-state index contributed by atoms with van der Waals surface area (Å²) >= 11 is 0. The minimum absolute atomic E-state index is 0.119. The number of Topliss-reactive ketones (excluding diaryl/α,β-unsaturated/α-hetero) is 1. The first kappa shape index (κ1) is 13.3. The number of hydrogen-bond acceptors (Lipinski definition) is 3. The van der Waals surface area contributed by atoms with Gasteiger partial charge in [0.1, 0.15) is 11.9 Å². The first-order chi connectivity index (χ1) is 8.40. The Morgan fingerprint density at radius 2 is 2.00 bits per heavy atom. The highest BCUT2D eigenvalue weighted by atomic mass is 16.5. The summed E-state index contributed by atoms with van der Waals surface area (Å²) in [5, 5.41) is 0. The first-order valence-corrected chi connectivity index (χ1v) is 6.84. The Labute approximate surface area is 109 Å². The van der Waals surface area contributed by atoms with E-state index in [0.717, 1.165) is 31.3 Å². The molecule has 2 aliphatic rings. The van der Waals surface area contributed by atoms with E-state index in [-0.39, 0.29) is 23.4 Å². The van der Waals surface area contributed by atoms with E-state index in [9.17, 15) is 9.59 Å². The lowest BCUT2D eigenvalue weighted by atomic mass is 9.80. The van der Waals surface area contributed by atoms with Crippen LogP contribution < -0.4 is 0 Å². The smallest absolute Gasteiger partial charge is 0.334 e. The minimum Gasteiger partial charge on any atom is -0.454 e. The molecule has 0 amide bonds. The molecule has 0 saturated heterocycles. The topological polar surface area (TPSA) is 43.4 Å². The predicted molar refractivity (Wildman–Crippen MR) is 69.0 cm³/mol. The zero-order valence-electron chi connectivity index (χ0n) is 11.5. The van der Waals surface area contributed by atoms with Crippen molar-refractivity contribution < 1.29 is 14.3 Å². The van der Waals surface area contributed by atoms with E-state index >= 15 is 0 Å². The van der Waals surface area contributed by atoms with E-state index in [0.29, 0.717) is 12.2 Å². The summed E-state index contributed by atoms with van der Waals surface area (Å²) in [6.45, 7) is 6.14. The average molecular weight is 250 g/mol. The van der Waals surface area contributed by atoms with Gasteiger partial charge in [0.05, 0.1) is 0 Å². The number of esters is 1. The number of ketones is 1. The standard InChI is InChI=1S/C15H22O3/c1-10-5-4-6-11-9-13(18-14(11)17)15(2,3)8-7-12(10)16/h9-10,13H,4-8H2,1-3H3/t10-,13+/m1/s1. The maximum absolute atomic E-state index is 12.0. The number of carbonyl (C=O) groups excluding carboxylic acids is 2. The van der Waals surface area contributed by atoms with Gasteiger partial charge in [-0.15, -0.1) is 0 Å². The molecule has 0 N–H and O–H groups in total. The molecule has 0 fully saturated rings. The van der Waals surface area contributed by atoms with Gasteiger partial charge in [0.15, 0.2) is 0 Å². The Morgan fingerprint density at radius 3 is 2.72 bits per heavy atom. The van der Waals surface area contributed by atoms with Crippen molar-refractivity contribution in [2.75, 3.05) is 0 Å². The van der Waals surface area contributed by atoms with Crippen molar-refractivity contribution in [1.29, 1.82) is 0 Å². The largest absolute Gasteiger partial charge is 0.454 e. The lowest BCUT2D eigenvalue weighted by Gasteiger charge is -2.29. The van der Waals surface area contributed by atoms with Crippen LogP contribution in [0, 0.1) is 11.3 Å². The van der Waals surface area contributed by atoms with Crippen LogP contribution in [0.25, 0.3) is 0 Å². The Bertz CT molecular complexity index is 393. The third kappa shape index (κ3) is 2.65. The van der Waals surface area contributed by atoms with Crippen LogP contribution in [0.2, 0.25) is 0 Å². The van der Waals surface area contributed by atoms with E-state index in [4.69, 9.17) is 4.74 Å². The van der Waals surface area contributed by atoms with Crippen molar-refractivity contribution in [3.8, 4) is 0 Å². The van der Waals surface area contributed by atoms with Gasteiger partial charge in [-0.05, 0) is 31.8 Å². The lowest BCUT2D eigenvalue weighted by Crippen LogP contribution is -2.30. The molecule has 1 aliphatic carbocycles. The molecule has 0 aromatic rings. The quantitative estimate of drug-likeness (QED) is 0.621. The second kappa shape index (κ2) is 4.87. The molecule has 0 saturated carbocycles. The van der Waals surface area contributed by atoms with E-state index in [1.165, 1.54) is 0 Å². The summed E-state index contributed by atoms with van der Waals surface area (Å²) < 4.78 is 5.43. The minimum atomic E-state index is -0.166. The highest BCUT2D eigenvalue weighted by Crippen LogP contribution is 2.36. The van der Waals surface area contributed by atoms with Crippen LogP contribution in [0.3, 0.4) is 0 Å². The molecule has 3 nitrogen and oxygen atoms in total. The third-order valence-electron chi connectivity index (χ3n) is 4.27. The van der Waals surface area contributed by atoms with Gasteiger partial charge in [-0.25, -0.2) is 4.79 Å². The second-order valence-electron chi connectivity index (χ2n) is 6.27. The van der Waals surface area contributed by atoms with E-state index in [1.807, 2.05) is 13.0 Å². The number of hydrogen-bond donors (Lipinski definition) is 0. The normalized spacial score (nSPS) is 32.5. The van der Waals surface area contributed by atoms with Gasteiger partial charge in [0.2, 0.25) is 0 Å². The van der Waals surface area contributed by atoms with Crippen LogP contribution in [0.1, 0.15) is 52.9 Å². The lowest BCUT2D eigenvalue weighted by molar-refractivity contribution is -0.144. The van der Waals surface area contributed by atoms with Gasteiger partial charge >= 0.3 is 5.97 Å². The van der Waals surface area contributed by atoms with E-state index < -0.39 is 0 Å². The van der Waals surface area contributed by atoms with E-state index in [1.54, 1.807) is 0 Å². The molecule has 0 unspecified atom stereocenters. The fraction of sp³-hybridized carbons (Fsp3) is 0.733. The van der Waals surface area contributed by atoms with Crippen LogP contribution in [-0.4, -0.2) is 17.9 Å². The third-order valence-corrected chi connectivity index (χ3v) is 4.27. The number of rotatable bonds is 0. The van der Waals surface area contributed by atoms with Gasteiger partial charge in [-0.1, -0.05) is 20.8 Å². The molecule has 2 atom stereocenters. The second-order valence-corrected chi connectivity index (χ2v) is 6.27.